The molecule has 2 aromatic rings. The van der Waals surface area contributed by atoms with Crippen LogP contribution >= 0.6 is 0 Å². The van der Waals surface area contributed by atoms with Gasteiger partial charge in [0.1, 0.15) is 0 Å². The monoisotopic (exact) mass is 243 g/mol. The van der Waals surface area contributed by atoms with Crippen LogP contribution in [0.2, 0.25) is 0 Å². The van der Waals surface area contributed by atoms with Gasteiger partial charge in [-0.2, -0.15) is 5.10 Å². The molecule has 1 amide bonds. The average molecular weight is 243 g/mol. The van der Waals surface area contributed by atoms with E-state index >= 15 is 0 Å². The standard InChI is InChI=1S/C14H17N3O/c1-3-6-11-9-13(17-16-11)15-14(18)12-8-5-4-7-10(12)2/h4-5,7-9H,3,6H2,1-2H3,(H2,15,16,17,18). The second-order valence-electron chi connectivity index (χ2n) is 4.30. The Bertz CT molecular complexity index is 545. The maximum atomic E-state index is 12.0. The van der Waals surface area contributed by atoms with Crippen molar-refractivity contribution in [3.63, 3.8) is 0 Å². The number of hydrogen-bond donors (Lipinski definition) is 2. The molecule has 1 aromatic carbocycles. The van der Waals surface area contributed by atoms with Crippen LogP contribution in [0.25, 0.3) is 0 Å². The Morgan fingerprint density at radius 3 is 2.89 bits per heavy atom. The molecule has 0 aliphatic rings. The molecule has 0 radical (unpaired) electrons. The summed E-state index contributed by atoms with van der Waals surface area (Å²) >= 11 is 0. The first-order chi connectivity index (χ1) is 8.70. The molecule has 1 heterocycles. The van der Waals surface area contributed by atoms with Crippen molar-refractivity contribution in [2.24, 2.45) is 0 Å². The van der Waals surface area contributed by atoms with Gasteiger partial charge >= 0.3 is 0 Å². The summed E-state index contributed by atoms with van der Waals surface area (Å²) in [7, 11) is 0. The Balaban J connectivity index is 2.09. The van der Waals surface area contributed by atoms with E-state index in [1.807, 2.05) is 37.3 Å². The van der Waals surface area contributed by atoms with Crippen molar-refractivity contribution in [1.29, 1.82) is 0 Å². The highest BCUT2D eigenvalue weighted by molar-refractivity contribution is 6.04. The first-order valence-electron chi connectivity index (χ1n) is 6.12. The molecule has 0 aliphatic heterocycles. The van der Waals surface area contributed by atoms with E-state index in [0.717, 1.165) is 24.1 Å². The summed E-state index contributed by atoms with van der Waals surface area (Å²) in [4.78, 5) is 12.0. The molecule has 18 heavy (non-hydrogen) atoms. The Morgan fingerprint density at radius 1 is 1.39 bits per heavy atom. The van der Waals surface area contributed by atoms with Gasteiger partial charge in [0.25, 0.3) is 5.91 Å². The molecule has 0 atom stereocenters. The zero-order chi connectivity index (χ0) is 13.0. The van der Waals surface area contributed by atoms with Gasteiger partial charge in [-0.25, -0.2) is 0 Å². The molecule has 94 valence electrons. The third kappa shape index (κ3) is 2.77. The number of aromatic amines is 1. The van der Waals surface area contributed by atoms with Crippen molar-refractivity contribution < 1.29 is 4.79 Å². The number of amides is 1. The Morgan fingerprint density at radius 2 is 2.17 bits per heavy atom. The highest BCUT2D eigenvalue weighted by atomic mass is 16.1. The fourth-order valence-electron chi connectivity index (χ4n) is 1.83. The molecular weight excluding hydrogens is 226 g/mol. The van der Waals surface area contributed by atoms with Crippen molar-refractivity contribution >= 4 is 11.7 Å². The van der Waals surface area contributed by atoms with E-state index in [9.17, 15) is 4.79 Å². The SMILES string of the molecule is CCCc1cc(NC(=O)c2ccccc2C)n[nH]1. The van der Waals surface area contributed by atoms with Crippen LogP contribution in [0, 0.1) is 6.92 Å². The number of rotatable bonds is 4. The first kappa shape index (κ1) is 12.4. The molecule has 4 nitrogen and oxygen atoms in total. The Kier molecular flexibility index (Phi) is 3.77. The van der Waals surface area contributed by atoms with E-state index in [1.54, 1.807) is 0 Å². The lowest BCUT2D eigenvalue weighted by Gasteiger charge is -2.04. The van der Waals surface area contributed by atoms with Gasteiger partial charge in [-0.3, -0.25) is 9.89 Å². The molecular formula is C14H17N3O. The lowest BCUT2D eigenvalue weighted by atomic mass is 10.1. The van der Waals surface area contributed by atoms with Gasteiger partial charge in [-0.1, -0.05) is 31.5 Å². The van der Waals surface area contributed by atoms with Gasteiger partial charge in [-0.05, 0) is 25.0 Å². The number of H-pyrrole nitrogens is 1. The third-order valence-corrected chi connectivity index (χ3v) is 2.78. The number of nitrogens with one attached hydrogen (secondary N) is 2. The maximum absolute atomic E-state index is 12.0. The normalized spacial score (nSPS) is 10.3. The molecule has 0 bridgehead atoms. The van der Waals surface area contributed by atoms with Gasteiger partial charge in [0.2, 0.25) is 0 Å². The first-order valence-corrected chi connectivity index (χ1v) is 6.12. The summed E-state index contributed by atoms with van der Waals surface area (Å²) in [5.41, 5.74) is 2.68. The Labute approximate surface area is 106 Å². The lowest BCUT2D eigenvalue weighted by Crippen LogP contribution is -2.13. The highest BCUT2D eigenvalue weighted by Crippen LogP contribution is 2.12. The molecule has 0 saturated carbocycles. The van der Waals surface area contributed by atoms with Gasteiger partial charge in [0, 0.05) is 17.3 Å². The van der Waals surface area contributed by atoms with Gasteiger partial charge < -0.3 is 5.32 Å². The van der Waals surface area contributed by atoms with Crippen LogP contribution in [0.15, 0.2) is 30.3 Å². The topological polar surface area (TPSA) is 57.8 Å². The molecule has 2 N–H and O–H groups in total. The number of aryl methyl sites for hydroxylation is 2. The van der Waals surface area contributed by atoms with E-state index < -0.39 is 0 Å². The lowest BCUT2D eigenvalue weighted by molar-refractivity contribution is 0.102. The zero-order valence-electron chi connectivity index (χ0n) is 10.7. The van der Waals surface area contributed by atoms with Crippen molar-refractivity contribution in [3.05, 3.63) is 47.2 Å². The number of benzene rings is 1. The van der Waals surface area contributed by atoms with E-state index in [-0.39, 0.29) is 5.91 Å². The largest absolute Gasteiger partial charge is 0.305 e. The molecule has 2 rings (SSSR count). The number of carbonyl (C=O) groups excluding carboxylic acids is 1. The Hall–Kier alpha value is -2.10. The van der Waals surface area contributed by atoms with Crippen molar-refractivity contribution in [2.75, 3.05) is 5.32 Å². The van der Waals surface area contributed by atoms with Crippen LogP contribution in [0.3, 0.4) is 0 Å². The number of carbonyl (C=O) groups is 1. The van der Waals surface area contributed by atoms with Crippen molar-refractivity contribution in [1.82, 2.24) is 10.2 Å². The summed E-state index contributed by atoms with van der Waals surface area (Å²) in [5.74, 6) is 0.453. The molecule has 0 unspecified atom stereocenters. The minimum absolute atomic E-state index is 0.123. The van der Waals surface area contributed by atoms with Gasteiger partial charge in [-0.15, -0.1) is 0 Å². The minimum atomic E-state index is -0.123. The maximum Gasteiger partial charge on any atom is 0.257 e. The molecule has 0 fully saturated rings. The van der Waals surface area contributed by atoms with Gasteiger partial charge in [0.15, 0.2) is 5.82 Å². The van der Waals surface area contributed by atoms with Crippen molar-refractivity contribution in [2.45, 2.75) is 26.7 Å². The van der Waals surface area contributed by atoms with Crippen LogP contribution in [0.1, 0.15) is 35.0 Å². The van der Waals surface area contributed by atoms with Crippen LogP contribution in [0.4, 0.5) is 5.82 Å². The summed E-state index contributed by atoms with van der Waals surface area (Å²) in [5, 5.41) is 9.78. The number of hydrogen-bond acceptors (Lipinski definition) is 2. The van der Waals surface area contributed by atoms with Crippen LogP contribution in [-0.2, 0) is 6.42 Å². The van der Waals surface area contributed by atoms with Crippen LogP contribution in [0.5, 0.6) is 0 Å². The summed E-state index contributed by atoms with van der Waals surface area (Å²) < 4.78 is 0. The fraction of sp³-hybridized carbons (Fsp3) is 0.286. The number of aromatic nitrogens is 2. The predicted octanol–water partition coefficient (Wildman–Crippen LogP) is 2.92. The highest BCUT2D eigenvalue weighted by Gasteiger charge is 2.10. The minimum Gasteiger partial charge on any atom is -0.305 e. The average Bonchev–Trinajstić information content (AvgIpc) is 2.77. The fourth-order valence-corrected chi connectivity index (χ4v) is 1.83. The number of anilines is 1. The van der Waals surface area contributed by atoms with Gasteiger partial charge in [0.05, 0.1) is 0 Å². The molecule has 0 aliphatic carbocycles. The second-order valence-corrected chi connectivity index (χ2v) is 4.30. The number of nitrogens with zero attached hydrogens (tertiary/aromatic N) is 1. The summed E-state index contributed by atoms with van der Waals surface area (Å²) in [6.07, 6.45) is 1.99. The van der Waals surface area contributed by atoms with E-state index in [4.69, 9.17) is 0 Å². The molecule has 4 heteroatoms. The van der Waals surface area contributed by atoms with E-state index in [1.165, 1.54) is 0 Å². The zero-order valence-corrected chi connectivity index (χ0v) is 10.7. The van der Waals surface area contributed by atoms with E-state index in [0.29, 0.717) is 11.4 Å². The molecule has 1 aromatic heterocycles. The molecule has 0 saturated heterocycles. The van der Waals surface area contributed by atoms with Crippen LogP contribution < -0.4 is 5.32 Å². The second kappa shape index (κ2) is 5.49. The predicted molar refractivity (Wildman–Crippen MR) is 71.7 cm³/mol. The summed E-state index contributed by atoms with van der Waals surface area (Å²) in [6.45, 7) is 4.02. The van der Waals surface area contributed by atoms with Crippen molar-refractivity contribution in [3.8, 4) is 0 Å². The summed E-state index contributed by atoms with van der Waals surface area (Å²) in [6, 6.07) is 9.38. The smallest absolute Gasteiger partial charge is 0.257 e. The van der Waals surface area contributed by atoms with E-state index in [2.05, 4.69) is 22.4 Å². The third-order valence-electron chi connectivity index (χ3n) is 2.78. The van der Waals surface area contributed by atoms with Crippen LogP contribution in [-0.4, -0.2) is 16.1 Å². The quantitative estimate of drug-likeness (QED) is 0.867. The molecule has 0 spiro atoms.